The maximum Gasteiger partial charge on any atom is 0.338 e. The molecule has 1 heterocycles. The minimum Gasteiger partial charge on any atom is -0.458 e. The van der Waals surface area contributed by atoms with Crippen LogP contribution in [0.5, 0.6) is 0 Å². The second-order valence-corrected chi connectivity index (χ2v) is 2.82. The van der Waals surface area contributed by atoms with Crippen LogP contribution in [0.15, 0.2) is 31.0 Å². The molecule has 0 saturated carbocycles. The van der Waals surface area contributed by atoms with Crippen molar-refractivity contribution in [2.45, 2.75) is 5.88 Å². The quantitative estimate of drug-likeness (QED) is 0.435. The number of esters is 1. The molecule has 1 rings (SSSR count). The van der Waals surface area contributed by atoms with Crippen LogP contribution < -0.4 is 0 Å². The molecule has 0 fully saturated rings. The third-order valence-corrected chi connectivity index (χ3v) is 1.80. The largest absolute Gasteiger partial charge is 0.458 e. The second-order valence-electron chi connectivity index (χ2n) is 2.56. The Morgan fingerprint density at radius 3 is 3.14 bits per heavy atom. The van der Waals surface area contributed by atoms with Gasteiger partial charge in [0.05, 0.1) is 17.1 Å². The number of hydrogen-bond donors (Lipinski definition) is 0. The van der Waals surface area contributed by atoms with Crippen molar-refractivity contribution in [1.29, 1.82) is 0 Å². The van der Waals surface area contributed by atoms with E-state index in [9.17, 15) is 4.79 Å². The number of halogens is 1. The van der Waals surface area contributed by atoms with Gasteiger partial charge in [-0.25, -0.2) is 4.79 Å². The Balaban J connectivity index is 2.73. The molecule has 0 spiro atoms. The van der Waals surface area contributed by atoms with Crippen LogP contribution in [0.25, 0.3) is 0 Å². The van der Waals surface area contributed by atoms with Gasteiger partial charge in [-0.1, -0.05) is 12.7 Å². The zero-order valence-electron chi connectivity index (χ0n) is 7.57. The van der Waals surface area contributed by atoms with Crippen molar-refractivity contribution in [2.75, 3.05) is 6.61 Å². The number of nitrogens with zero attached hydrogens (tertiary/aromatic N) is 1. The maximum absolute atomic E-state index is 11.3. The Kier molecular flexibility index (Phi) is 4.13. The first kappa shape index (κ1) is 10.7. The molecule has 0 aromatic carbocycles. The van der Waals surface area contributed by atoms with Crippen LogP contribution in [0.4, 0.5) is 0 Å². The van der Waals surface area contributed by atoms with Gasteiger partial charge < -0.3 is 4.74 Å². The summed E-state index contributed by atoms with van der Waals surface area (Å²) in [5, 5.41) is 0. The fourth-order valence-electron chi connectivity index (χ4n) is 0.896. The van der Waals surface area contributed by atoms with Crippen LogP contribution >= 0.6 is 11.6 Å². The summed E-state index contributed by atoms with van der Waals surface area (Å²) in [5.41, 5.74) is 1.11. The van der Waals surface area contributed by atoms with Crippen LogP contribution in [0, 0.1) is 0 Å². The van der Waals surface area contributed by atoms with E-state index >= 15 is 0 Å². The molecule has 3 nitrogen and oxygen atoms in total. The molecule has 0 bridgehead atoms. The lowest BCUT2D eigenvalue weighted by molar-refractivity contribution is 0.0549. The Bertz CT molecular complexity index is 339. The molecule has 4 heteroatoms. The predicted octanol–water partition coefficient (Wildman–Crippen LogP) is 2.16. The Morgan fingerprint density at radius 2 is 2.50 bits per heavy atom. The van der Waals surface area contributed by atoms with E-state index in [-0.39, 0.29) is 12.5 Å². The molecular formula is C10H10ClNO2. The van der Waals surface area contributed by atoms with Gasteiger partial charge in [0.2, 0.25) is 0 Å². The zero-order chi connectivity index (χ0) is 10.4. The summed E-state index contributed by atoms with van der Waals surface area (Å²) >= 11 is 5.58. The molecule has 0 atom stereocenters. The van der Waals surface area contributed by atoms with Gasteiger partial charge in [-0.05, 0) is 12.1 Å². The topological polar surface area (TPSA) is 39.2 Å². The average Bonchev–Trinajstić information content (AvgIpc) is 2.26. The number of pyridine rings is 1. The minimum absolute atomic E-state index is 0.206. The zero-order valence-corrected chi connectivity index (χ0v) is 8.33. The molecule has 0 radical (unpaired) electrons. The van der Waals surface area contributed by atoms with E-state index in [1.165, 1.54) is 12.3 Å². The molecule has 0 aliphatic heterocycles. The predicted molar refractivity (Wildman–Crippen MR) is 54.3 cm³/mol. The second kappa shape index (κ2) is 5.40. The van der Waals surface area contributed by atoms with Gasteiger partial charge in [0.1, 0.15) is 6.61 Å². The monoisotopic (exact) mass is 211 g/mol. The number of carbonyl (C=O) groups excluding carboxylic acids is 1. The van der Waals surface area contributed by atoms with Crippen molar-refractivity contribution < 1.29 is 9.53 Å². The molecule has 74 valence electrons. The van der Waals surface area contributed by atoms with Gasteiger partial charge in [0.15, 0.2) is 0 Å². The lowest BCUT2D eigenvalue weighted by Crippen LogP contribution is -2.05. The third-order valence-electron chi connectivity index (χ3n) is 1.52. The lowest BCUT2D eigenvalue weighted by atomic mass is 10.2. The molecule has 0 saturated heterocycles. The van der Waals surface area contributed by atoms with Crippen molar-refractivity contribution >= 4 is 17.6 Å². The molecule has 0 aliphatic carbocycles. The molecule has 0 amide bonds. The van der Waals surface area contributed by atoms with Gasteiger partial charge in [-0.2, -0.15) is 0 Å². The summed E-state index contributed by atoms with van der Waals surface area (Å²) in [4.78, 5) is 15.3. The first-order valence-electron chi connectivity index (χ1n) is 4.07. The van der Waals surface area contributed by atoms with Gasteiger partial charge in [0.25, 0.3) is 0 Å². The minimum atomic E-state index is -0.390. The number of alkyl halides is 1. The highest BCUT2D eigenvalue weighted by Gasteiger charge is 2.06. The van der Waals surface area contributed by atoms with E-state index in [4.69, 9.17) is 16.3 Å². The molecular weight excluding hydrogens is 202 g/mol. The number of carbonyl (C=O) groups is 1. The SMILES string of the molecule is C=CCOC(=O)c1ccnc(CCl)c1. The van der Waals surface area contributed by atoms with E-state index in [1.807, 2.05) is 0 Å². The lowest BCUT2D eigenvalue weighted by Gasteiger charge is -2.02. The maximum atomic E-state index is 11.3. The molecule has 1 aromatic rings. The van der Waals surface area contributed by atoms with Crippen molar-refractivity contribution in [2.24, 2.45) is 0 Å². The summed E-state index contributed by atoms with van der Waals surface area (Å²) < 4.78 is 4.85. The summed E-state index contributed by atoms with van der Waals surface area (Å²) in [5.74, 6) is -0.110. The Morgan fingerprint density at radius 1 is 1.71 bits per heavy atom. The Labute approximate surface area is 87.4 Å². The summed E-state index contributed by atoms with van der Waals surface area (Å²) in [6.07, 6.45) is 3.05. The smallest absolute Gasteiger partial charge is 0.338 e. The number of ether oxygens (including phenoxy) is 1. The molecule has 0 unspecified atom stereocenters. The van der Waals surface area contributed by atoms with E-state index in [1.54, 1.807) is 12.1 Å². The molecule has 1 aromatic heterocycles. The highest BCUT2D eigenvalue weighted by Crippen LogP contribution is 2.05. The fraction of sp³-hybridized carbons (Fsp3) is 0.200. The van der Waals surface area contributed by atoms with Gasteiger partial charge >= 0.3 is 5.97 Å². The van der Waals surface area contributed by atoms with Gasteiger partial charge in [-0.15, -0.1) is 11.6 Å². The van der Waals surface area contributed by atoms with E-state index in [2.05, 4.69) is 11.6 Å². The normalized spacial score (nSPS) is 9.50. The molecule has 0 N–H and O–H groups in total. The van der Waals surface area contributed by atoms with Crippen LogP contribution in [-0.2, 0) is 10.6 Å². The molecule has 14 heavy (non-hydrogen) atoms. The summed E-state index contributed by atoms with van der Waals surface area (Å²) in [6.45, 7) is 3.66. The first-order chi connectivity index (χ1) is 6.77. The number of rotatable bonds is 4. The van der Waals surface area contributed by atoms with Crippen LogP contribution in [-0.4, -0.2) is 17.6 Å². The van der Waals surface area contributed by atoms with Crippen LogP contribution in [0.1, 0.15) is 16.1 Å². The summed E-state index contributed by atoms with van der Waals surface area (Å²) in [6, 6.07) is 3.19. The van der Waals surface area contributed by atoms with Crippen molar-refractivity contribution in [3.05, 3.63) is 42.2 Å². The first-order valence-corrected chi connectivity index (χ1v) is 4.60. The third kappa shape index (κ3) is 2.85. The van der Waals surface area contributed by atoms with Crippen molar-refractivity contribution in [3.63, 3.8) is 0 Å². The molecule has 0 aliphatic rings. The fourth-order valence-corrected chi connectivity index (χ4v) is 1.04. The van der Waals surface area contributed by atoms with E-state index < -0.39 is 5.97 Å². The van der Waals surface area contributed by atoms with Crippen molar-refractivity contribution in [3.8, 4) is 0 Å². The average molecular weight is 212 g/mol. The highest BCUT2D eigenvalue weighted by atomic mass is 35.5. The number of hydrogen-bond acceptors (Lipinski definition) is 3. The van der Waals surface area contributed by atoms with E-state index in [0.29, 0.717) is 11.3 Å². The van der Waals surface area contributed by atoms with Crippen LogP contribution in [0.3, 0.4) is 0 Å². The Hall–Kier alpha value is -1.35. The van der Waals surface area contributed by atoms with Crippen molar-refractivity contribution in [1.82, 2.24) is 4.98 Å². The number of aromatic nitrogens is 1. The summed E-state index contributed by atoms with van der Waals surface area (Å²) in [7, 11) is 0. The standard InChI is InChI=1S/C10H10ClNO2/c1-2-5-14-10(13)8-3-4-12-9(6-8)7-11/h2-4,6H,1,5,7H2. The van der Waals surface area contributed by atoms with Gasteiger partial charge in [-0.3, -0.25) is 4.98 Å². The van der Waals surface area contributed by atoms with E-state index in [0.717, 1.165) is 0 Å². The highest BCUT2D eigenvalue weighted by molar-refractivity contribution is 6.16. The van der Waals surface area contributed by atoms with Gasteiger partial charge in [0, 0.05) is 6.20 Å². The van der Waals surface area contributed by atoms with Crippen LogP contribution in [0.2, 0.25) is 0 Å².